The Kier molecular flexibility index (Phi) is 4.12. The van der Waals surface area contributed by atoms with E-state index in [0.29, 0.717) is 5.03 Å². The highest BCUT2D eigenvalue weighted by Crippen LogP contribution is 2.35. The third kappa shape index (κ3) is 3.08. The molecule has 1 aromatic heterocycles. The summed E-state index contributed by atoms with van der Waals surface area (Å²) in [6, 6.07) is 7.46. The molecule has 19 heavy (non-hydrogen) atoms. The van der Waals surface area contributed by atoms with Crippen molar-refractivity contribution in [2.45, 2.75) is 23.8 Å². The molecule has 98 valence electrons. The van der Waals surface area contributed by atoms with Crippen LogP contribution < -0.4 is 0 Å². The lowest BCUT2D eigenvalue weighted by Gasteiger charge is -2.08. The zero-order valence-electron chi connectivity index (χ0n) is 10.5. The van der Waals surface area contributed by atoms with Gasteiger partial charge < -0.3 is 5.11 Å². The molecular weight excluding hydrogens is 282 g/mol. The highest BCUT2D eigenvalue weighted by Gasteiger charge is 2.14. The average molecular weight is 294 g/mol. The van der Waals surface area contributed by atoms with E-state index in [9.17, 15) is 4.79 Å². The van der Waals surface area contributed by atoms with Crippen molar-refractivity contribution in [3.63, 3.8) is 0 Å². The van der Waals surface area contributed by atoms with Crippen molar-refractivity contribution >= 4 is 29.3 Å². The van der Waals surface area contributed by atoms with Gasteiger partial charge in [-0.3, -0.25) is 0 Å². The summed E-state index contributed by atoms with van der Waals surface area (Å²) in [4.78, 5) is 16.2. The van der Waals surface area contributed by atoms with Crippen molar-refractivity contribution in [2.75, 3.05) is 0 Å². The molecule has 1 aromatic carbocycles. The molecule has 0 amide bonds. The van der Waals surface area contributed by atoms with Gasteiger partial charge >= 0.3 is 5.97 Å². The summed E-state index contributed by atoms with van der Waals surface area (Å²) in [6.45, 7) is 4.03. The fourth-order valence-corrected chi connectivity index (χ4v) is 2.86. The smallest absolute Gasteiger partial charge is 0.337 e. The lowest BCUT2D eigenvalue weighted by Crippen LogP contribution is -1.99. The lowest BCUT2D eigenvalue weighted by molar-refractivity contribution is 0.0696. The van der Waals surface area contributed by atoms with Crippen molar-refractivity contribution in [1.29, 1.82) is 0 Å². The quantitative estimate of drug-likeness (QED) is 0.921. The summed E-state index contributed by atoms with van der Waals surface area (Å²) in [6.07, 6.45) is 1.46. The molecule has 0 aliphatic heterocycles. The van der Waals surface area contributed by atoms with E-state index in [4.69, 9.17) is 16.7 Å². The number of carboxylic acids is 1. The number of aromatic nitrogens is 1. The van der Waals surface area contributed by atoms with Crippen LogP contribution in [-0.4, -0.2) is 16.1 Å². The predicted octanol–water partition coefficient (Wildman–Crippen LogP) is 4.20. The van der Waals surface area contributed by atoms with Crippen molar-refractivity contribution in [1.82, 2.24) is 4.98 Å². The minimum atomic E-state index is -1.05. The fourth-order valence-electron chi connectivity index (χ4n) is 1.68. The second-order valence-electron chi connectivity index (χ2n) is 4.15. The molecule has 0 saturated heterocycles. The first-order chi connectivity index (χ1) is 8.99. The number of carbonyl (C=O) groups is 1. The first kappa shape index (κ1) is 13.9. The third-order valence-corrected chi connectivity index (χ3v) is 4.30. The van der Waals surface area contributed by atoms with Gasteiger partial charge in [-0.15, -0.1) is 0 Å². The van der Waals surface area contributed by atoms with Gasteiger partial charge in [0.1, 0.15) is 5.03 Å². The summed E-state index contributed by atoms with van der Waals surface area (Å²) in [5.41, 5.74) is 2.37. The van der Waals surface area contributed by atoms with Gasteiger partial charge in [0.15, 0.2) is 0 Å². The van der Waals surface area contributed by atoms with Gasteiger partial charge in [-0.25, -0.2) is 9.78 Å². The van der Waals surface area contributed by atoms with Gasteiger partial charge in [0.2, 0.25) is 0 Å². The van der Waals surface area contributed by atoms with Gasteiger partial charge in [0, 0.05) is 11.1 Å². The molecule has 0 saturated carbocycles. The number of hydrogen-bond acceptors (Lipinski definition) is 3. The Morgan fingerprint density at radius 3 is 2.68 bits per heavy atom. The molecule has 0 spiro atoms. The number of rotatable bonds is 3. The molecule has 0 bridgehead atoms. The number of aromatic carboxylic acids is 1. The van der Waals surface area contributed by atoms with Crippen LogP contribution in [0.25, 0.3) is 0 Å². The fraction of sp³-hybridized carbons (Fsp3) is 0.143. The standard InChI is InChI=1S/C14H12ClNO2S/c1-8-3-4-11(9(2)7-8)19-13-12(15)10(14(17)18)5-6-16-13/h3-7H,1-2H3,(H,17,18). The van der Waals surface area contributed by atoms with E-state index >= 15 is 0 Å². The number of hydrogen-bond donors (Lipinski definition) is 1. The summed E-state index contributed by atoms with van der Waals surface area (Å²) >= 11 is 7.45. The maximum Gasteiger partial charge on any atom is 0.337 e. The Hall–Kier alpha value is -1.52. The SMILES string of the molecule is Cc1ccc(Sc2nccc(C(=O)O)c2Cl)c(C)c1. The van der Waals surface area contributed by atoms with Crippen molar-refractivity contribution in [3.8, 4) is 0 Å². The molecule has 5 heteroatoms. The van der Waals surface area contributed by atoms with E-state index in [2.05, 4.69) is 11.1 Å². The molecular formula is C14H12ClNO2S. The monoisotopic (exact) mass is 293 g/mol. The minimum absolute atomic E-state index is 0.0731. The summed E-state index contributed by atoms with van der Waals surface area (Å²) in [5, 5.41) is 9.71. The first-order valence-corrected chi connectivity index (χ1v) is 6.81. The summed E-state index contributed by atoms with van der Waals surface area (Å²) < 4.78 is 0. The first-order valence-electron chi connectivity index (χ1n) is 5.62. The van der Waals surface area contributed by atoms with Crippen LogP contribution in [0.2, 0.25) is 5.02 Å². The minimum Gasteiger partial charge on any atom is -0.478 e. The Labute approximate surface area is 120 Å². The van der Waals surface area contributed by atoms with Crippen LogP contribution in [0.15, 0.2) is 40.4 Å². The number of aryl methyl sites for hydroxylation is 2. The molecule has 1 N–H and O–H groups in total. The maximum atomic E-state index is 11.0. The molecule has 0 aliphatic carbocycles. The number of nitrogens with zero attached hydrogens (tertiary/aromatic N) is 1. The molecule has 1 heterocycles. The van der Waals surface area contributed by atoms with Crippen LogP contribution in [0.5, 0.6) is 0 Å². The maximum absolute atomic E-state index is 11.0. The zero-order chi connectivity index (χ0) is 14.0. The Bertz CT molecular complexity index is 643. The Balaban J connectivity index is 2.38. The van der Waals surface area contributed by atoms with E-state index in [-0.39, 0.29) is 10.6 Å². The number of carboxylic acid groups (broad SMARTS) is 1. The molecule has 3 nitrogen and oxygen atoms in total. The van der Waals surface area contributed by atoms with Crippen LogP contribution in [0, 0.1) is 13.8 Å². The van der Waals surface area contributed by atoms with Crippen molar-refractivity contribution in [2.24, 2.45) is 0 Å². The van der Waals surface area contributed by atoms with Gasteiger partial charge in [0.05, 0.1) is 10.6 Å². The van der Waals surface area contributed by atoms with Gasteiger partial charge in [-0.05, 0) is 31.5 Å². The predicted molar refractivity (Wildman–Crippen MR) is 76.2 cm³/mol. The van der Waals surface area contributed by atoms with E-state index in [1.54, 1.807) is 0 Å². The van der Waals surface area contributed by atoms with Crippen LogP contribution in [0.4, 0.5) is 0 Å². The van der Waals surface area contributed by atoms with Crippen LogP contribution >= 0.6 is 23.4 Å². The van der Waals surface area contributed by atoms with E-state index in [1.807, 2.05) is 26.0 Å². The largest absolute Gasteiger partial charge is 0.478 e. The lowest BCUT2D eigenvalue weighted by atomic mass is 10.2. The second-order valence-corrected chi connectivity index (χ2v) is 5.56. The number of pyridine rings is 1. The van der Waals surface area contributed by atoms with Crippen molar-refractivity contribution in [3.05, 3.63) is 52.2 Å². The highest BCUT2D eigenvalue weighted by molar-refractivity contribution is 7.99. The van der Waals surface area contributed by atoms with Crippen LogP contribution in [0.1, 0.15) is 21.5 Å². The topological polar surface area (TPSA) is 50.2 Å². The Morgan fingerprint density at radius 1 is 1.32 bits per heavy atom. The zero-order valence-corrected chi connectivity index (χ0v) is 12.0. The molecule has 2 rings (SSSR count). The number of benzene rings is 1. The van der Waals surface area contributed by atoms with Gasteiger partial charge in [-0.2, -0.15) is 0 Å². The molecule has 0 radical (unpaired) electrons. The van der Waals surface area contributed by atoms with Gasteiger partial charge in [-0.1, -0.05) is 41.1 Å². The van der Waals surface area contributed by atoms with E-state index in [0.717, 1.165) is 10.5 Å². The van der Waals surface area contributed by atoms with Crippen molar-refractivity contribution < 1.29 is 9.90 Å². The van der Waals surface area contributed by atoms with Gasteiger partial charge in [0.25, 0.3) is 0 Å². The molecule has 0 unspecified atom stereocenters. The van der Waals surface area contributed by atoms with E-state index in [1.165, 1.54) is 29.6 Å². The number of halogens is 1. The van der Waals surface area contributed by atoms with Crippen LogP contribution in [0.3, 0.4) is 0 Å². The summed E-state index contributed by atoms with van der Waals surface area (Å²) in [5.74, 6) is -1.05. The Morgan fingerprint density at radius 2 is 2.05 bits per heavy atom. The molecule has 0 aliphatic rings. The normalized spacial score (nSPS) is 10.5. The second kappa shape index (κ2) is 5.63. The van der Waals surface area contributed by atoms with E-state index < -0.39 is 5.97 Å². The summed E-state index contributed by atoms with van der Waals surface area (Å²) in [7, 11) is 0. The average Bonchev–Trinajstić information content (AvgIpc) is 2.34. The molecule has 0 atom stereocenters. The molecule has 2 aromatic rings. The molecule has 0 fully saturated rings. The van der Waals surface area contributed by atoms with Crippen LogP contribution in [-0.2, 0) is 0 Å². The highest BCUT2D eigenvalue weighted by atomic mass is 35.5. The third-order valence-electron chi connectivity index (χ3n) is 2.62.